The summed E-state index contributed by atoms with van der Waals surface area (Å²) >= 11 is 0. The molecule has 0 atom stereocenters. The minimum absolute atomic E-state index is 0.699. The number of fused-ring (bicyclic) bond motifs is 6. The molecule has 68 heavy (non-hydrogen) atoms. The van der Waals surface area contributed by atoms with E-state index in [9.17, 15) is 0 Å². The summed E-state index contributed by atoms with van der Waals surface area (Å²) in [5.74, 6) is 0.699. The average Bonchev–Trinajstić information content (AvgIpc) is 3.42. The van der Waals surface area contributed by atoms with Crippen molar-refractivity contribution in [1.82, 2.24) is 9.97 Å². The maximum Gasteiger partial charge on any atom is 0.160 e. The molecule has 0 bridgehead atoms. The van der Waals surface area contributed by atoms with Crippen LogP contribution in [-0.2, 0) is 0 Å². The molecule has 2 heteroatoms. The van der Waals surface area contributed by atoms with Crippen molar-refractivity contribution in [3.05, 3.63) is 255 Å². The molecule has 0 amide bonds. The third-order valence-electron chi connectivity index (χ3n) is 13.7. The Morgan fingerprint density at radius 2 is 0.721 bits per heavy atom. The van der Waals surface area contributed by atoms with Crippen LogP contribution in [0.15, 0.2) is 255 Å². The first-order valence-corrected chi connectivity index (χ1v) is 23.3. The van der Waals surface area contributed by atoms with Gasteiger partial charge in [0, 0.05) is 16.7 Å². The summed E-state index contributed by atoms with van der Waals surface area (Å²) in [6, 6.07) is 92.0. The summed E-state index contributed by atoms with van der Waals surface area (Å²) in [6.45, 7) is 0. The predicted molar refractivity (Wildman–Crippen MR) is 288 cm³/mol. The van der Waals surface area contributed by atoms with Crippen molar-refractivity contribution in [3.63, 3.8) is 0 Å². The van der Waals surface area contributed by atoms with Gasteiger partial charge in [-0.2, -0.15) is 0 Å². The highest BCUT2D eigenvalue weighted by molar-refractivity contribution is 6.28. The zero-order chi connectivity index (χ0) is 45.0. The Morgan fingerprint density at radius 3 is 1.47 bits per heavy atom. The van der Waals surface area contributed by atoms with E-state index in [0.717, 1.165) is 39.2 Å². The van der Waals surface area contributed by atoms with Gasteiger partial charge in [-0.15, -0.1) is 0 Å². The smallest absolute Gasteiger partial charge is 0.160 e. The zero-order valence-corrected chi connectivity index (χ0v) is 37.1. The number of aromatic nitrogens is 2. The monoisotopic (exact) mass is 862 g/mol. The molecule has 0 aliphatic rings. The summed E-state index contributed by atoms with van der Waals surface area (Å²) < 4.78 is 0. The van der Waals surface area contributed by atoms with Gasteiger partial charge in [0.05, 0.1) is 11.4 Å². The molecule has 0 aliphatic carbocycles. The Kier molecular flexibility index (Phi) is 9.54. The fraction of sp³-hybridized carbons (Fsp3) is 0. The Hall–Kier alpha value is -8.98. The number of nitrogens with zero attached hydrogens (tertiary/aromatic N) is 2. The molecule has 1 aromatic heterocycles. The Morgan fingerprint density at radius 1 is 0.221 bits per heavy atom. The maximum atomic E-state index is 5.23. The maximum absolute atomic E-state index is 5.23. The lowest BCUT2D eigenvalue weighted by Gasteiger charge is -2.19. The number of rotatable bonds is 7. The van der Waals surface area contributed by atoms with Crippen molar-refractivity contribution < 1.29 is 0 Å². The van der Waals surface area contributed by atoms with Crippen molar-refractivity contribution in [2.75, 3.05) is 0 Å². The van der Waals surface area contributed by atoms with E-state index >= 15 is 0 Å². The van der Waals surface area contributed by atoms with Crippen LogP contribution < -0.4 is 0 Å². The molecule has 0 fully saturated rings. The first kappa shape index (κ1) is 39.4. The third-order valence-corrected chi connectivity index (χ3v) is 13.7. The van der Waals surface area contributed by atoms with Gasteiger partial charge in [-0.05, 0) is 117 Å². The first-order valence-electron chi connectivity index (χ1n) is 23.3. The lowest BCUT2D eigenvalue weighted by molar-refractivity contribution is 1.18. The van der Waals surface area contributed by atoms with E-state index in [1.807, 2.05) is 18.2 Å². The zero-order valence-electron chi connectivity index (χ0n) is 37.1. The molecule has 0 saturated heterocycles. The van der Waals surface area contributed by atoms with Crippen molar-refractivity contribution >= 4 is 53.9 Å². The second-order valence-corrected chi connectivity index (χ2v) is 17.6. The summed E-state index contributed by atoms with van der Waals surface area (Å²) in [7, 11) is 0. The van der Waals surface area contributed by atoms with Crippen LogP contribution >= 0.6 is 0 Å². The van der Waals surface area contributed by atoms with E-state index in [4.69, 9.17) is 9.97 Å². The molecule has 13 rings (SSSR count). The molecule has 0 spiro atoms. The van der Waals surface area contributed by atoms with E-state index in [1.54, 1.807) is 0 Å². The molecule has 13 aromatic rings. The van der Waals surface area contributed by atoms with Crippen LogP contribution in [0, 0.1) is 0 Å². The molecule has 0 saturated carbocycles. The molecule has 0 radical (unpaired) electrons. The molecule has 0 N–H and O–H groups in total. The Balaban J connectivity index is 0.891. The summed E-state index contributed by atoms with van der Waals surface area (Å²) in [5, 5.41) is 12.4. The van der Waals surface area contributed by atoms with Crippen LogP contribution in [0.3, 0.4) is 0 Å². The van der Waals surface area contributed by atoms with Gasteiger partial charge in [0.2, 0.25) is 0 Å². The molecule has 0 aliphatic heterocycles. The molecule has 316 valence electrons. The van der Waals surface area contributed by atoms with Crippen LogP contribution in [-0.4, -0.2) is 9.97 Å². The van der Waals surface area contributed by atoms with Gasteiger partial charge < -0.3 is 0 Å². The molecule has 1 heterocycles. The van der Waals surface area contributed by atoms with Crippen molar-refractivity contribution in [3.8, 4) is 78.4 Å². The third kappa shape index (κ3) is 6.82. The van der Waals surface area contributed by atoms with Gasteiger partial charge in [0.15, 0.2) is 5.82 Å². The van der Waals surface area contributed by atoms with Gasteiger partial charge in [0.25, 0.3) is 0 Å². The van der Waals surface area contributed by atoms with E-state index in [1.165, 1.54) is 87.2 Å². The number of hydrogen-bond donors (Lipinski definition) is 0. The standard InChI is InChI=1S/C66H42N2/c1-3-18-47(19-4-1)63-58-27-13-14-28-59(58)64(65-54-24-10-8-17-45(54)38-39-60(63)65)52-37-36-50-40-49(34-35-51(50)41-52)43-30-32-46(33-31-43)61-42-62(68-66(67-61)48-20-5-2-6-21-48)57-26-12-11-25-56(57)55-29-15-22-44-16-7-9-23-53(44)55/h1-42H. The van der Waals surface area contributed by atoms with Crippen LogP contribution in [0.5, 0.6) is 0 Å². The van der Waals surface area contributed by atoms with E-state index in [2.05, 4.69) is 237 Å². The fourth-order valence-corrected chi connectivity index (χ4v) is 10.4. The van der Waals surface area contributed by atoms with Crippen LogP contribution in [0.2, 0.25) is 0 Å². The fourth-order valence-electron chi connectivity index (χ4n) is 10.4. The lowest BCUT2D eigenvalue weighted by atomic mass is 9.83. The minimum atomic E-state index is 0.699. The Bertz CT molecular complexity index is 4060. The van der Waals surface area contributed by atoms with Crippen LogP contribution in [0.25, 0.3) is 132 Å². The van der Waals surface area contributed by atoms with Gasteiger partial charge in [0.1, 0.15) is 0 Å². The van der Waals surface area contributed by atoms with Crippen LogP contribution in [0.1, 0.15) is 0 Å². The lowest BCUT2D eigenvalue weighted by Crippen LogP contribution is -1.97. The average molecular weight is 863 g/mol. The highest BCUT2D eigenvalue weighted by Crippen LogP contribution is 2.47. The topological polar surface area (TPSA) is 25.8 Å². The summed E-state index contributed by atoms with van der Waals surface area (Å²) in [5.41, 5.74) is 14.5. The molecule has 0 unspecified atom stereocenters. The predicted octanol–water partition coefficient (Wildman–Crippen LogP) is 17.9. The van der Waals surface area contributed by atoms with Gasteiger partial charge in [-0.25, -0.2) is 9.97 Å². The number of hydrogen-bond acceptors (Lipinski definition) is 2. The molecule has 2 nitrogen and oxygen atoms in total. The normalized spacial score (nSPS) is 11.5. The summed E-state index contributed by atoms with van der Waals surface area (Å²) in [4.78, 5) is 10.4. The quantitative estimate of drug-likeness (QED) is 0.118. The van der Waals surface area contributed by atoms with Gasteiger partial charge in [-0.3, -0.25) is 0 Å². The van der Waals surface area contributed by atoms with E-state index in [0.29, 0.717) is 5.82 Å². The molecular formula is C66H42N2. The van der Waals surface area contributed by atoms with Crippen molar-refractivity contribution in [2.24, 2.45) is 0 Å². The molecule has 12 aromatic carbocycles. The highest BCUT2D eigenvalue weighted by Gasteiger charge is 2.20. The van der Waals surface area contributed by atoms with E-state index in [-0.39, 0.29) is 0 Å². The van der Waals surface area contributed by atoms with E-state index < -0.39 is 0 Å². The highest BCUT2D eigenvalue weighted by atomic mass is 14.9. The SMILES string of the molecule is c1ccc(-c2nc(-c3ccc(-c4ccc5cc(-c6c7ccccc7c(-c7ccccc7)c7ccc8ccccc8c67)ccc5c4)cc3)cc(-c3ccccc3-c3cccc4ccccc34)n2)cc1. The Labute approximate surface area is 395 Å². The largest absolute Gasteiger partial charge is 0.228 e. The van der Waals surface area contributed by atoms with Crippen LogP contribution in [0.4, 0.5) is 0 Å². The van der Waals surface area contributed by atoms with Gasteiger partial charge >= 0.3 is 0 Å². The van der Waals surface area contributed by atoms with Crippen molar-refractivity contribution in [2.45, 2.75) is 0 Å². The van der Waals surface area contributed by atoms with Gasteiger partial charge in [-0.1, -0.05) is 237 Å². The second-order valence-electron chi connectivity index (χ2n) is 17.6. The number of benzene rings is 12. The second kappa shape index (κ2) is 16.5. The summed E-state index contributed by atoms with van der Waals surface area (Å²) in [6.07, 6.45) is 0. The molecular weight excluding hydrogens is 821 g/mol. The first-order chi connectivity index (χ1) is 33.7. The minimum Gasteiger partial charge on any atom is -0.228 e. The van der Waals surface area contributed by atoms with Crippen molar-refractivity contribution in [1.29, 1.82) is 0 Å².